The predicted molar refractivity (Wildman–Crippen MR) is 49.7 cm³/mol. The second kappa shape index (κ2) is 3.57. The molecule has 0 atom stereocenters. The third-order valence-corrected chi connectivity index (χ3v) is 2.08. The van der Waals surface area contributed by atoms with Crippen LogP contribution < -0.4 is 5.32 Å². The van der Waals surface area contributed by atoms with Crippen molar-refractivity contribution in [2.75, 3.05) is 13.1 Å². The average Bonchev–Trinajstić information content (AvgIpc) is 2.60. The number of hydrogen-bond donors (Lipinski definition) is 1. The molecule has 0 bridgehead atoms. The van der Waals surface area contributed by atoms with Crippen LogP contribution >= 0.6 is 0 Å². The lowest BCUT2D eigenvalue weighted by Crippen LogP contribution is -2.27. The molecule has 1 N–H and O–H groups in total. The van der Waals surface area contributed by atoms with Crippen LogP contribution in [0.25, 0.3) is 0 Å². The van der Waals surface area contributed by atoms with E-state index in [2.05, 4.69) is 26.1 Å². The Hall–Kier alpha value is -0.0400. The normalized spacial score (nSPS) is 18.8. The van der Waals surface area contributed by atoms with E-state index >= 15 is 0 Å². The summed E-state index contributed by atoms with van der Waals surface area (Å²) in [4.78, 5) is 0. The fourth-order valence-electron chi connectivity index (χ4n) is 1.18. The van der Waals surface area contributed by atoms with Crippen molar-refractivity contribution in [1.82, 2.24) is 5.32 Å². The first kappa shape index (κ1) is 9.05. The number of nitrogens with one attached hydrogen (secondary N) is 1. The first-order chi connectivity index (χ1) is 5.08. The fraction of sp³-hybridized carbons (Fsp3) is 1.00. The highest BCUT2D eigenvalue weighted by molar-refractivity contribution is 4.74. The summed E-state index contributed by atoms with van der Waals surface area (Å²) in [6, 6.07) is 0. The Morgan fingerprint density at radius 1 is 1.27 bits per heavy atom. The molecule has 0 spiro atoms. The third kappa shape index (κ3) is 5.25. The number of rotatable bonds is 4. The third-order valence-electron chi connectivity index (χ3n) is 2.08. The van der Waals surface area contributed by atoms with E-state index in [0.717, 1.165) is 12.5 Å². The van der Waals surface area contributed by atoms with Gasteiger partial charge in [-0.1, -0.05) is 33.6 Å². The highest BCUT2D eigenvalue weighted by Gasteiger charge is 2.20. The van der Waals surface area contributed by atoms with E-state index in [1.807, 2.05) is 0 Å². The zero-order chi connectivity index (χ0) is 8.32. The second-order valence-electron chi connectivity index (χ2n) is 4.97. The lowest BCUT2D eigenvalue weighted by Gasteiger charge is -2.18. The summed E-state index contributed by atoms with van der Waals surface area (Å²) in [7, 11) is 0. The van der Waals surface area contributed by atoms with Gasteiger partial charge >= 0.3 is 0 Å². The Morgan fingerprint density at radius 3 is 2.36 bits per heavy atom. The summed E-state index contributed by atoms with van der Waals surface area (Å²) in [5.41, 5.74) is 0.448. The Kier molecular flexibility index (Phi) is 2.94. The molecule has 0 aromatic rings. The molecule has 0 aromatic heterocycles. The molecule has 1 rings (SSSR count). The Balaban J connectivity index is 1.87. The Labute approximate surface area is 70.6 Å². The van der Waals surface area contributed by atoms with Gasteiger partial charge in [-0.15, -0.1) is 0 Å². The quantitative estimate of drug-likeness (QED) is 0.615. The molecule has 1 aliphatic carbocycles. The maximum atomic E-state index is 3.50. The van der Waals surface area contributed by atoms with E-state index in [1.54, 1.807) is 0 Å². The van der Waals surface area contributed by atoms with Gasteiger partial charge in [-0.2, -0.15) is 0 Å². The molecule has 0 unspecified atom stereocenters. The molecule has 0 radical (unpaired) electrons. The van der Waals surface area contributed by atoms with Gasteiger partial charge in [0.2, 0.25) is 0 Å². The maximum Gasteiger partial charge on any atom is -0.0000124 e. The topological polar surface area (TPSA) is 12.0 Å². The van der Waals surface area contributed by atoms with Crippen molar-refractivity contribution in [2.24, 2.45) is 11.3 Å². The summed E-state index contributed by atoms with van der Waals surface area (Å²) >= 11 is 0. The van der Waals surface area contributed by atoms with Crippen molar-refractivity contribution < 1.29 is 0 Å². The smallest absolute Gasteiger partial charge is 0.0000124 e. The molecule has 11 heavy (non-hydrogen) atoms. The summed E-state index contributed by atoms with van der Waals surface area (Å²) in [5, 5.41) is 3.50. The molecule has 1 fully saturated rings. The second-order valence-corrected chi connectivity index (χ2v) is 4.97. The van der Waals surface area contributed by atoms with E-state index < -0.39 is 0 Å². The van der Waals surface area contributed by atoms with Crippen LogP contribution in [0.1, 0.15) is 40.0 Å². The first-order valence-electron chi connectivity index (χ1n) is 4.79. The molecule has 0 saturated heterocycles. The molecule has 0 heterocycles. The summed E-state index contributed by atoms with van der Waals surface area (Å²) in [6.45, 7) is 9.20. The minimum atomic E-state index is 0.448. The van der Waals surface area contributed by atoms with Crippen molar-refractivity contribution in [1.29, 1.82) is 0 Å². The van der Waals surface area contributed by atoms with Gasteiger partial charge in [-0.25, -0.2) is 0 Å². The summed E-state index contributed by atoms with van der Waals surface area (Å²) < 4.78 is 0. The minimum absolute atomic E-state index is 0.448. The van der Waals surface area contributed by atoms with Crippen LogP contribution in [0, 0.1) is 11.3 Å². The van der Waals surface area contributed by atoms with Crippen LogP contribution in [0.3, 0.4) is 0 Å². The van der Waals surface area contributed by atoms with E-state index in [9.17, 15) is 0 Å². The molecular formula is C10H21N. The maximum absolute atomic E-state index is 3.50. The van der Waals surface area contributed by atoms with Crippen LogP contribution in [0.2, 0.25) is 0 Å². The van der Waals surface area contributed by atoms with Crippen molar-refractivity contribution in [3.8, 4) is 0 Å². The highest BCUT2D eigenvalue weighted by Crippen LogP contribution is 2.31. The predicted octanol–water partition coefficient (Wildman–Crippen LogP) is 2.42. The first-order valence-corrected chi connectivity index (χ1v) is 4.79. The van der Waals surface area contributed by atoms with Crippen LogP contribution in [0.15, 0.2) is 0 Å². The van der Waals surface area contributed by atoms with Gasteiger partial charge in [0.15, 0.2) is 0 Å². The number of hydrogen-bond acceptors (Lipinski definition) is 1. The van der Waals surface area contributed by atoms with Crippen LogP contribution in [-0.2, 0) is 0 Å². The van der Waals surface area contributed by atoms with Gasteiger partial charge in [0, 0.05) is 0 Å². The van der Waals surface area contributed by atoms with Crippen LogP contribution in [0.4, 0.5) is 0 Å². The lowest BCUT2D eigenvalue weighted by atomic mass is 9.97. The fourth-order valence-corrected chi connectivity index (χ4v) is 1.18. The van der Waals surface area contributed by atoms with Gasteiger partial charge < -0.3 is 5.32 Å². The molecule has 0 amide bonds. The summed E-state index contributed by atoms with van der Waals surface area (Å²) in [5.74, 6) is 1.07. The zero-order valence-corrected chi connectivity index (χ0v) is 8.11. The van der Waals surface area contributed by atoms with Crippen molar-refractivity contribution in [3.05, 3.63) is 0 Å². The van der Waals surface area contributed by atoms with E-state index in [0.29, 0.717) is 5.41 Å². The van der Waals surface area contributed by atoms with Gasteiger partial charge in [-0.05, 0) is 30.8 Å². The van der Waals surface area contributed by atoms with E-state index in [-0.39, 0.29) is 0 Å². The van der Waals surface area contributed by atoms with Crippen molar-refractivity contribution in [3.63, 3.8) is 0 Å². The van der Waals surface area contributed by atoms with Gasteiger partial charge in [-0.3, -0.25) is 0 Å². The van der Waals surface area contributed by atoms with Crippen molar-refractivity contribution in [2.45, 2.75) is 40.0 Å². The molecule has 1 nitrogen and oxygen atoms in total. The van der Waals surface area contributed by atoms with Gasteiger partial charge in [0.05, 0.1) is 0 Å². The molecule has 0 aliphatic heterocycles. The Bertz CT molecular complexity index is 109. The molecule has 66 valence electrons. The minimum Gasteiger partial charge on any atom is -0.316 e. The molecule has 0 aromatic carbocycles. The molecule has 1 heteroatoms. The SMILES string of the molecule is CC(C)(C)CNCCC1CC1. The zero-order valence-electron chi connectivity index (χ0n) is 8.11. The average molecular weight is 155 g/mol. The van der Waals surface area contributed by atoms with E-state index in [4.69, 9.17) is 0 Å². The monoisotopic (exact) mass is 155 g/mol. The van der Waals surface area contributed by atoms with Gasteiger partial charge in [0.1, 0.15) is 0 Å². The lowest BCUT2D eigenvalue weighted by molar-refractivity contribution is 0.377. The van der Waals surface area contributed by atoms with Crippen LogP contribution in [-0.4, -0.2) is 13.1 Å². The summed E-state index contributed by atoms with van der Waals surface area (Å²) in [6.07, 6.45) is 4.37. The standard InChI is InChI=1S/C10H21N/c1-10(2,3)8-11-7-6-9-4-5-9/h9,11H,4-8H2,1-3H3. The largest absolute Gasteiger partial charge is 0.316 e. The van der Waals surface area contributed by atoms with Crippen LogP contribution in [0.5, 0.6) is 0 Å². The van der Waals surface area contributed by atoms with E-state index in [1.165, 1.54) is 25.8 Å². The molecular weight excluding hydrogens is 134 g/mol. The molecule has 1 aliphatic rings. The Morgan fingerprint density at radius 2 is 1.91 bits per heavy atom. The molecule has 1 saturated carbocycles. The highest BCUT2D eigenvalue weighted by atomic mass is 14.9. The van der Waals surface area contributed by atoms with Crippen molar-refractivity contribution >= 4 is 0 Å². The van der Waals surface area contributed by atoms with Gasteiger partial charge in [0.25, 0.3) is 0 Å².